The Kier molecular flexibility index (Phi) is 5.44. The third-order valence-electron chi connectivity index (χ3n) is 5.40. The lowest BCUT2D eigenvalue weighted by Gasteiger charge is -2.24. The van der Waals surface area contributed by atoms with Crippen molar-refractivity contribution in [3.63, 3.8) is 0 Å². The summed E-state index contributed by atoms with van der Waals surface area (Å²) in [5.41, 5.74) is 5.25. The molecule has 0 amide bonds. The summed E-state index contributed by atoms with van der Waals surface area (Å²) in [4.78, 5) is 0. The lowest BCUT2D eigenvalue weighted by molar-refractivity contribution is -0.572. The maximum atomic E-state index is 5.15. The number of amidine groups is 1. The van der Waals surface area contributed by atoms with Crippen molar-refractivity contribution in [2.24, 2.45) is 11.0 Å². The molecule has 0 saturated heterocycles. The van der Waals surface area contributed by atoms with Crippen molar-refractivity contribution in [2.75, 3.05) is 13.3 Å². The first-order valence-corrected chi connectivity index (χ1v) is 10.8. The monoisotopic (exact) mass is 376 g/mol. The molecule has 27 heavy (non-hydrogen) atoms. The highest BCUT2D eigenvalue weighted by Crippen LogP contribution is 2.42. The van der Waals surface area contributed by atoms with E-state index in [2.05, 4.69) is 83.0 Å². The predicted molar refractivity (Wildman–Crippen MR) is 116 cm³/mol. The molecule has 2 aromatic carbocycles. The van der Waals surface area contributed by atoms with Crippen LogP contribution in [-0.4, -0.2) is 28.9 Å². The Morgan fingerprint density at radius 1 is 1.11 bits per heavy atom. The summed E-state index contributed by atoms with van der Waals surface area (Å²) < 4.78 is 2.21. The molecule has 1 aliphatic heterocycles. The molecular formula is C23H26N3S+. The minimum Gasteiger partial charge on any atom is -0.270 e. The molecule has 4 rings (SSSR count). The molecule has 0 unspecified atom stereocenters. The molecule has 0 radical (unpaired) electrons. The van der Waals surface area contributed by atoms with Crippen molar-refractivity contribution in [1.29, 1.82) is 0 Å². The van der Waals surface area contributed by atoms with Gasteiger partial charge in [0.05, 0.1) is 18.7 Å². The number of hydrazone groups is 1. The van der Waals surface area contributed by atoms with E-state index in [-0.39, 0.29) is 6.04 Å². The largest absolute Gasteiger partial charge is 0.331 e. The van der Waals surface area contributed by atoms with Gasteiger partial charge in [0.2, 0.25) is 0 Å². The van der Waals surface area contributed by atoms with Gasteiger partial charge in [-0.05, 0) is 60.1 Å². The summed E-state index contributed by atoms with van der Waals surface area (Å²) in [5, 5.41) is 9.60. The minimum absolute atomic E-state index is 0.260. The molecule has 1 aliphatic carbocycles. The Labute approximate surface area is 165 Å². The van der Waals surface area contributed by atoms with E-state index in [0.717, 1.165) is 11.6 Å². The molecule has 1 heterocycles. The molecule has 1 N–H and O–H groups in total. The first kappa shape index (κ1) is 18.1. The van der Waals surface area contributed by atoms with E-state index in [4.69, 9.17) is 5.10 Å². The molecule has 0 spiro atoms. The van der Waals surface area contributed by atoms with E-state index in [9.17, 15) is 0 Å². The number of fused-ring (bicyclic) bond motifs is 1. The van der Waals surface area contributed by atoms with Crippen molar-refractivity contribution in [1.82, 2.24) is 5.32 Å². The van der Waals surface area contributed by atoms with Crippen LogP contribution in [0.2, 0.25) is 0 Å². The van der Waals surface area contributed by atoms with Crippen molar-refractivity contribution in [3.8, 4) is 0 Å². The smallest absolute Gasteiger partial charge is 0.270 e. The highest BCUT2D eigenvalue weighted by atomic mass is 32.2. The average Bonchev–Trinajstić information content (AvgIpc) is 3.11. The zero-order valence-corrected chi connectivity index (χ0v) is 16.7. The molecule has 138 valence electrons. The minimum atomic E-state index is 0.260. The molecule has 0 bridgehead atoms. The number of hydrogen-bond acceptors (Lipinski definition) is 2. The molecule has 0 aromatic heterocycles. The van der Waals surface area contributed by atoms with Crippen LogP contribution in [0.4, 0.5) is 0 Å². The molecule has 2 aliphatic rings. The van der Waals surface area contributed by atoms with Crippen LogP contribution in [-0.2, 0) is 0 Å². The maximum Gasteiger partial charge on any atom is 0.331 e. The standard InChI is InChI=1S/C23H25N3S/c1-24-23(27-2)26-22(18-12-7-4-8-13-18)20-15-9-14-19(21(20)25-26)16-17-10-5-3-6-11-17/h3-8,10-13,16,20,22H,9,14-15H2,1-2H3/p+1/b19-16+/t20-,22-/m1/s1. The fourth-order valence-electron chi connectivity index (χ4n) is 4.21. The van der Waals surface area contributed by atoms with Gasteiger partial charge in [0.15, 0.2) is 6.04 Å². The van der Waals surface area contributed by atoms with Gasteiger partial charge in [0.25, 0.3) is 0 Å². The number of benzene rings is 2. The molecule has 2 atom stereocenters. The topological polar surface area (TPSA) is 27.4 Å². The van der Waals surface area contributed by atoms with Gasteiger partial charge in [-0.2, -0.15) is 0 Å². The zero-order valence-electron chi connectivity index (χ0n) is 15.9. The van der Waals surface area contributed by atoms with Gasteiger partial charge in [-0.1, -0.05) is 65.8 Å². The van der Waals surface area contributed by atoms with Gasteiger partial charge in [0.1, 0.15) is 0 Å². The van der Waals surface area contributed by atoms with Crippen molar-refractivity contribution < 1.29 is 4.68 Å². The van der Waals surface area contributed by atoms with E-state index >= 15 is 0 Å². The number of allylic oxidation sites excluding steroid dienone is 1. The number of nitrogens with one attached hydrogen (secondary N) is 1. The SMILES string of the molecule is CN/C(SC)=[N+]1N=C2/C(=C/c3ccccc3)CCC[C@H]2[C@H]\1c1ccccc1. The average molecular weight is 377 g/mol. The molecule has 2 aromatic rings. The van der Waals surface area contributed by atoms with Gasteiger partial charge < -0.3 is 0 Å². The van der Waals surface area contributed by atoms with Gasteiger partial charge in [-0.25, -0.2) is 0 Å². The van der Waals surface area contributed by atoms with Gasteiger partial charge in [-0.15, -0.1) is 4.68 Å². The highest BCUT2D eigenvalue weighted by Gasteiger charge is 2.44. The third-order valence-corrected chi connectivity index (χ3v) is 6.18. The number of thioether (sulfide) groups is 1. The second-order valence-corrected chi connectivity index (χ2v) is 7.82. The van der Waals surface area contributed by atoms with Crippen molar-refractivity contribution >= 4 is 28.7 Å². The Bertz CT molecular complexity index is 878. The fraction of sp³-hybridized carbons (Fsp3) is 0.304. The van der Waals surface area contributed by atoms with E-state index in [1.165, 1.54) is 35.3 Å². The Hall–Kier alpha value is -2.33. The van der Waals surface area contributed by atoms with Crippen LogP contribution in [0.1, 0.15) is 36.4 Å². The predicted octanol–water partition coefficient (Wildman–Crippen LogP) is 4.93. The summed E-state index contributed by atoms with van der Waals surface area (Å²) in [7, 11) is 1.98. The summed E-state index contributed by atoms with van der Waals surface area (Å²) in [5.74, 6) is 0.437. The molecule has 4 heteroatoms. The summed E-state index contributed by atoms with van der Waals surface area (Å²) in [6, 6.07) is 21.7. The van der Waals surface area contributed by atoms with Crippen LogP contribution in [0.3, 0.4) is 0 Å². The van der Waals surface area contributed by atoms with Crippen LogP contribution in [0.15, 0.2) is 71.3 Å². The second-order valence-electron chi connectivity index (χ2n) is 7.02. The van der Waals surface area contributed by atoms with E-state index < -0.39 is 0 Å². The third kappa shape index (κ3) is 3.59. The number of hydrogen-bond donors (Lipinski definition) is 1. The number of rotatable bonds is 2. The van der Waals surface area contributed by atoms with E-state index in [0.29, 0.717) is 5.92 Å². The first-order chi connectivity index (χ1) is 13.3. The van der Waals surface area contributed by atoms with Crippen molar-refractivity contribution in [3.05, 3.63) is 77.4 Å². The quantitative estimate of drug-likeness (QED) is 0.594. The first-order valence-electron chi connectivity index (χ1n) is 9.59. The van der Waals surface area contributed by atoms with E-state index in [1.807, 2.05) is 7.05 Å². The lowest BCUT2D eigenvalue weighted by Crippen LogP contribution is -2.30. The fourth-order valence-corrected chi connectivity index (χ4v) is 4.76. The normalized spacial score (nSPS) is 25.1. The van der Waals surface area contributed by atoms with Gasteiger partial charge in [0, 0.05) is 0 Å². The maximum absolute atomic E-state index is 5.15. The van der Waals surface area contributed by atoms with E-state index in [1.54, 1.807) is 11.8 Å². The second kappa shape index (κ2) is 8.13. The summed E-state index contributed by atoms with van der Waals surface area (Å²) in [6.07, 6.45) is 7.94. The molecule has 3 nitrogen and oxygen atoms in total. The Balaban J connectivity index is 1.81. The van der Waals surface area contributed by atoms with Crippen LogP contribution >= 0.6 is 11.8 Å². The number of nitrogens with zero attached hydrogens (tertiary/aromatic N) is 2. The Morgan fingerprint density at radius 2 is 1.81 bits per heavy atom. The zero-order chi connectivity index (χ0) is 18.6. The van der Waals surface area contributed by atoms with Crippen molar-refractivity contribution in [2.45, 2.75) is 25.3 Å². The van der Waals surface area contributed by atoms with Crippen LogP contribution in [0.25, 0.3) is 6.08 Å². The molecular weight excluding hydrogens is 350 g/mol. The summed E-state index contributed by atoms with van der Waals surface area (Å²) >= 11 is 1.72. The van der Waals surface area contributed by atoms with Gasteiger partial charge >= 0.3 is 5.17 Å². The molecule has 1 fully saturated rings. The lowest BCUT2D eigenvalue weighted by atomic mass is 9.78. The Morgan fingerprint density at radius 3 is 2.48 bits per heavy atom. The molecule has 1 saturated carbocycles. The van der Waals surface area contributed by atoms with Crippen LogP contribution in [0, 0.1) is 5.92 Å². The van der Waals surface area contributed by atoms with Crippen LogP contribution in [0.5, 0.6) is 0 Å². The highest BCUT2D eigenvalue weighted by molar-refractivity contribution is 8.13. The van der Waals surface area contributed by atoms with Crippen LogP contribution < -0.4 is 5.32 Å². The van der Waals surface area contributed by atoms with Gasteiger partial charge in [-0.3, -0.25) is 5.32 Å². The summed E-state index contributed by atoms with van der Waals surface area (Å²) in [6.45, 7) is 0.